The fourth-order valence-corrected chi connectivity index (χ4v) is 10.1. The van der Waals surface area contributed by atoms with Crippen LogP contribution in [0.15, 0.2) is 238 Å². The average molecular weight is 1470 g/mol. The van der Waals surface area contributed by atoms with E-state index in [1.54, 1.807) is 152 Å². The number of nitrogens with zero attached hydrogens (tertiary/aromatic N) is 11. The first-order valence-corrected chi connectivity index (χ1v) is 33.4. The SMILES string of the molecule is C=C(Cn1cccn1)C(=O)Nc1cccc(Nc2nc(Nc3ccc(OCCOC)cc3)ncc2F)c1.C=CC(=O)Nc1cccc(Nc2nc(Nc3ccc(OCc4ccccn4)c(Cl)c3)ncc2F)c1.C=CC(=O)Nc1cccc(Oc2nc(Nc3cccc(N4CCN(CCO)CC4)c3)ncc2F)c1. The Morgan fingerprint density at radius 1 is 0.561 bits per heavy atom. The molecule has 11 aromatic rings. The molecule has 6 aromatic carbocycles. The Morgan fingerprint density at radius 2 is 1.13 bits per heavy atom. The van der Waals surface area contributed by atoms with Crippen LogP contribution in [0, 0.1) is 17.5 Å². The zero-order valence-electron chi connectivity index (χ0n) is 57.6. The third-order valence-corrected chi connectivity index (χ3v) is 15.4. The third-order valence-electron chi connectivity index (χ3n) is 15.1. The number of hydrogen-bond donors (Lipinski definition) is 9. The predicted molar refractivity (Wildman–Crippen MR) is 405 cm³/mol. The van der Waals surface area contributed by atoms with Crippen molar-refractivity contribution in [1.29, 1.82) is 0 Å². The summed E-state index contributed by atoms with van der Waals surface area (Å²) in [5.74, 6) is -1.33. The van der Waals surface area contributed by atoms with Gasteiger partial charge in [-0.1, -0.05) is 61.7 Å². The van der Waals surface area contributed by atoms with E-state index in [4.69, 9.17) is 35.7 Å². The predicted octanol–water partition coefficient (Wildman–Crippen LogP) is 13.8. The monoisotopic (exact) mass is 1470 g/mol. The van der Waals surface area contributed by atoms with Crippen LogP contribution in [0.1, 0.15) is 5.69 Å². The number of β-amino-alcohol motifs (C(OH)–C–C–N with tert-alkyl or cyclic N) is 1. The highest BCUT2D eigenvalue weighted by molar-refractivity contribution is 6.32. The van der Waals surface area contributed by atoms with E-state index in [9.17, 15) is 27.6 Å². The number of amides is 3. The molecular weight excluding hydrogens is 1400 g/mol. The maximum absolute atomic E-state index is 14.5. The number of anilines is 14. The highest BCUT2D eigenvalue weighted by Crippen LogP contribution is 2.32. The number of methoxy groups -OCH3 is 1. The fraction of sp³-hybridized carbons (Fsp3) is 0.145. The van der Waals surface area contributed by atoms with Gasteiger partial charge in [0.1, 0.15) is 30.5 Å². The lowest BCUT2D eigenvalue weighted by molar-refractivity contribution is -0.113. The number of aliphatic hydroxyl groups excluding tert-OH is 1. The molecule has 0 radical (unpaired) electrons. The van der Waals surface area contributed by atoms with Crippen molar-refractivity contribution in [3.63, 3.8) is 0 Å². The van der Waals surface area contributed by atoms with E-state index in [1.165, 1.54) is 0 Å². The molecule has 1 aliphatic heterocycles. The molecule has 3 amide bonds. The van der Waals surface area contributed by atoms with Gasteiger partial charge < -0.3 is 71.5 Å². The standard InChI is InChI=1S/C26H26FN7O3.C25H20ClFN6O2.C25H27FN6O3/c1-18(17-34-12-4-11-29-34)25(35)31-21-6-3-5-20(15-21)30-24-23(27)16-28-26(33-24)32-19-7-9-22(10-8-19)37-14-13-36-2;1-2-23(34)30-16-7-5-8-17(12-16)31-24-21(27)14-29-25(33-24)32-18-9-10-22(20(26)13-18)35-15-19-6-3-4-11-28-19;1-2-23(34)28-19-6-4-8-21(16-19)35-24-22(26)17-27-25(30-24)29-18-5-3-7-20(15-18)32-11-9-31(10-12-32)13-14-33/h3-12,15-16H,1,13-14,17H2,2H3,(H,31,35)(H2,28,30,32,33);2-14H,1,15H2,(H,30,34)(H2,29,31,32,33);2-8,15-17,33H,1,9-14H2,(H,28,34)(H,27,29,30). The zero-order chi connectivity index (χ0) is 75.3. The van der Waals surface area contributed by atoms with Crippen LogP contribution in [-0.2, 0) is 32.3 Å². The van der Waals surface area contributed by atoms with Gasteiger partial charge in [0.2, 0.25) is 35.5 Å². The maximum Gasteiger partial charge on any atom is 0.260 e. The van der Waals surface area contributed by atoms with E-state index >= 15 is 0 Å². The van der Waals surface area contributed by atoms with Crippen LogP contribution in [-0.4, -0.2) is 132 Å². The second kappa shape index (κ2) is 38.8. The summed E-state index contributed by atoms with van der Waals surface area (Å²) >= 11 is 6.35. The smallest absolute Gasteiger partial charge is 0.260 e. The minimum Gasteiger partial charge on any atom is -0.491 e. The molecule has 1 fully saturated rings. The van der Waals surface area contributed by atoms with Crippen molar-refractivity contribution in [1.82, 2.24) is 49.6 Å². The summed E-state index contributed by atoms with van der Waals surface area (Å²) in [5, 5.41) is 36.6. The van der Waals surface area contributed by atoms with Crippen LogP contribution in [0.5, 0.6) is 23.1 Å². The van der Waals surface area contributed by atoms with Crippen molar-refractivity contribution < 1.29 is 51.6 Å². The lowest BCUT2D eigenvalue weighted by Crippen LogP contribution is -2.47. The first-order valence-electron chi connectivity index (χ1n) is 33.0. The van der Waals surface area contributed by atoms with E-state index in [-0.39, 0.29) is 72.8 Å². The van der Waals surface area contributed by atoms with Crippen LogP contribution < -0.4 is 61.6 Å². The van der Waals surface area contributed by atoms with Gasteiger partial charge >= 0.3 is 0 Å². The number of piperazine rings is 1. The number of halogens is 4. The van der Waals surface area contributed by atoms with Gasteiger partial charge in [-0.2, -0.15) is 24.4 Å². The summed E-state index contributed by atoms with van der Waals surface area (Å²) in [6.45, 7) is 16.5. The van der Waals surface area contributed by atoms with Gasteiger partial charge in [0.25, 0.3) is 11.8 Å². The van der Waals surface area contributed by atoms with Crippen molar-refractivity contribution in [3.8, 4) is 23.1 Å². The van der Waals surface area contributed by atoms with Gasteiger partial charge in [0.15, 0.2) is 23.3 Å². The quantitative estimate of drug-likeness (QED) is 0.0149. The first kappa shape index (κ1) is 76.4. The molecule has 1 saturated heterocycles. The first-order chi connectivity index (χ1) is 52.0. The molecule has 0 atom stereocenters. The summed E-state index contributed by atoms with van der Waals surface area (Å²) < 4.78 is 66.6. The number of carbonyl (C=O) groups excluding carboxylic acids is 3. The van der Waals surface area contributed by atoms with Crippen molar-refractivity contribution in [2.24, 2.45) is 0 Å². The molecule has 0 saturated carbocycles. The third kappa shape index (κ3) is 23.9. The van der Waals surface area contributed by atoms with E-state index in [2.05, 4.69) is 112 Å². The van der Waals surface area contributed by atoms with E-state index in [0.717, 1.165) is 74.0 Å². The number of rotatable bonds is 30. The number of aliphatic hydroxyl groups is 1. The maximum atomic E-state index is 14.5. The molecule has 0 bridgehead atoms. The Morgan fingerprint density at radius 3 is 1.73 bits per heavy atom. The van der Waals surface area contributed by atoms with Crippen molar-refractivity contribution in [3.05, 3.63) is 267 Å². The van der Waals surface area contributed by atoms with Gasteiger partial charge in [-0.15, -0.1) is 0 Å². The Labute approximate surface area is 618 Å². The normalized spacial score (nSPS) is 11.6. The van der Waals surface area contributed by atoms with Crippen LogP contribution >= 0.6 is 11.6 Å². The summed E-state index contributed by atoms with van der Waals surface area (Å²) in [7, 11) is 1.61. The van der Waals surface area contributed by atoms with Gasteiger partial charge in [-0.25, -0.2) is 23.7 Å². The lowest BCUT2D eigenvalue weighted by atomic mass is 10.2. The number of ether oxygens (including phenoxy) is 4. The second-order valence-electron chi connectivity index (χ2n) is 22.9. The van der Waals surface area contributed by atoms with Crippen LogP contribution in [0.3, 0.4) is 0 Å². The summed E-state index contributed by atoms with van der Waals surface area (Å²) in [4.78, 5) is 68.9. The van der Waals surface area contributed by atoms with E-state index < -0.39 is 17.5 Å². The number of benzene rings is 6. The average Bonchev–Trinajstić information content (AvgIpc) is 1.27. The summed E-state index contributed by atoms with van der Waals surface area (Å²) in [6, 6.07) is 47.6. The minimum absolute atomic E-state index is 0.0245. The molecule has 1 aliphatic rings. The molecule has 107 heavy (non-hydrogen) atoms. The lowest BCUT2D eigenvalue weighted by Gasteiger charge is -2.35. The fourth-order valence-electron chi connectivity index (χ4n) is 9.90. The molecule has 6 heterocycles. The van der Waals surface area contributed by atoms with E-state index in [0.29, 0.717) is 87.4 Å². The molecule has 12 rings (SSSR count). The Bertz CT molecular complexity index is 4830. The Hall–Kier alpha value is -13.3. The van der Waals surface area contributed by atoms with E-state index in [1.807, 2.05) is 42.5 Å². The van der Waals surface area contributed by atoms with Crippen molar-refractivity contribution in [2.75, 3.05) is 107 Å². The largest absolute Gasteiger partial charge is 0.491 e. The topological polar surface area (TPSA) is 319 Å². The molecule has 0 spiro atoms. The van der Waals surface area contributed by atoms with Crippen molar-refractivity contribution in [2.45, 2.75) is 13.2 Å². The number of aromatic nitrogens is 9. The summed E-state index contributed by atoms with van der Waals surface area (Å²) in [5.41, 5.74) is 6.78. The van der Waals surface area contributed by atoms with Crippen LogP contribution in [0.4, 0.5) is 93.8 Å². The minimum atomic E-state index is -0.717. The molecule has 5 aromatic heterocycles. The summed E-state index contributed by atoms with van der Waals surface area (Å²) in [6.07, 6.45) is 10.5. The van der Waals surface area contributed by atoms with Crippen LogP contribution in [0.25, 0.3) is 0 Å². The number of carbonyl (C=O) groups is 3. The molecule has 9 N–H and O–H groups in total. The number of nitrogens with one attached hydrogen (secondary N) is 8. The second-order valence-corrected chi connectivity index (χ2v) is 23.3. The zero-order valence-corrected chi connectivity index (χ0v) is 58.4. The molecule has 27 nitrogen and oxygen atoms in total. The molecular formula is C76H73ClF3N19O8. The van der Waals surface area contributed by atoms with Crippen LogP contribution in [0.2, 0.25) is 5.02 Å². The molecule has 548 valence electrons. The van der Waals surface area contributed by atoms with Gasteiger partial charge in [-0.3, -0.25) is 28.9 Å². The Balaban J connectivity index is 0.000000172. The van der Waals surface area contributed by atoms with Gasteiger partial charge in [-0.05, 0) is 140 Å². The number of pyridine rings is 1. The highest BCUT2D eigenvalue weighted by Gasteiger charge is 2.19. The van der Waals surface area contributed by atoms with Gasteiger partial charge in [0.05, 0.1) is 49.1 Å². The molecule has 31 heteroatoms. The number of hydrogen-bond acceptors (Lipinski definition) is 23. The van der Waals surface area contributed by atoms with Gasteiger partial charge in [0, 0.05) is 121 Å². The Kier molecular flexibility index (Phi) is 27.7. The highest BCUT2D eigenvalue weighted by atomic mass is 35.5. The van der Waals surface area contributed by atoms with Crippen molar-refractivity contribution >= 4 is 110 Å². The molecule has 0 unspecified atom stereocenters. The molecule has 0 aliphatic carbocycles.